The van der Waals surface area contributed by atoms with Crippen molar-refractivity contribution in [3.63, 3.8) is 0 Å². The highest BCUT2D eigenvalue weighted by atomic mass is 19.1. The monoisotopic (exact) mass is 284 g/mol. The number of hydrogen-bond acceptors (Lipinski definition) is 3. The first-order valence-corrected chi connectivity index (χ1v) is 6.33. The molecule has 0 heterocycles. The fourth-order valence-corrected chi connectivity index (χ4v) is 1.92. The van der Waals surface area contributed by atoms with Crippen LogP contribution in [-0.4, -0.2) is 17.6 Å². The van der Waals surface area contributed by atoms with Gasteiger partial charge in [0, 0.05) is 12.1 Å². The number of carbonyl (C=O) groups is 1. The Bertz CT molecular complexity index is 695. The number of nitriles is 1. The number of carbonyl (C=O) groups excluding carboxylic acids is 1. The zero-order chi connectivity index (χ0) is 15.2. The molecule has 0 saturated carbocycles. The van der Waals surface area contributed by atoms with Crippen molar-refractivity contribution in [3.8, 4) is 6.07 Å². The second kappa shape index (κ2) is 6.64. The Morgan fingerprint density at radius 3 is 2.62 bits per heavy atom. The highest BCUT2D eigenvalue weighted by Gasteiger charge is 2.15. The van der Waals surface area contributed by atoms with E-state index in [1.165, 1.54) is 30.3 Å². The van der Waals surface area contributed by atoms with Crippen molar-refractivity contribution in [1.29, 1.82) is 5.26 Å². The van der Waals surface area contributed by atoms with Gasteiger partial charge in [-0.25, -0.2) is 4.39 Å². The average Bonchev–Trinajstić information content (AvgIpc) is 2.52. The maximum atomic E-state index is 13.5. The Hall–Kier alpha value is -2.71. The maximum Gasteiger partial charge on any atom is 0.252 e. The molecule has 1 unspecified atom stereocenters. The largest absolute Gasteiger partial charge is 0.386 e. The van der Waals surface area contributed by atoms with Gasteiger partial charge in [0.25, 0.3) is 5.91 Å². The van der Waals surface area contributed by atoms with Crippen molar-refractivity contribution in [2.45, 2.75) is 6.10 Å². The lowest BCUT2D eigenvalue weighted by atomic mass is 10.1. The van der Waals surface area contributed by atoms with Gasteiger partial charge >= 0.3 is 0 Å². The highest BCUT2D eigenvalue weighted by Crippen LogP contribution is 2.16. The molecule has 0 saturated heterocycles. The first kappa shape index (κ1) is 14.7. The van der Waals surface area contributed by atoms with Crippen molar-refractivity contribution in [2.75, 3.05) is 6.54 Å². The first-order chi connectivity index (χ1) is 10.1. The standard InChI is InChI=1S/C16H13FN2O2/c17-14-8-4-3-7-13(14)15(20)10-19-16(21)12-6-2-1-5-11(12)9-18/h1-8,15,20H,10H2,(H,19,21). The minimum atomic E-state index is -1.15. The summed E-state index contributed by atoms with van der Waals surface area (Å²) in [7, 11) is 0. The molecular weight excluding hydrogens is 271 g/mol. The van der Waals surface area contributed by atoms with Crippen LogP contribution in [0.5, 0.6) is 0 Å². The van der Waals surface area contributed by atoms with E-state index in [-0.39, 0.29) is 23.2 Å². The Balaban J connectivity index is 2.05. The van der Waals surface area contributed by atoms with Gasteiger partial charge in [-0.05, 0) is 18.2 Å². The summed E-state index contributed by atoms with van der Waals surface area (Å²) in [6.07, 6.45) is -1.15. The van der Waals surface area contributed by atoms with Crippen molar-refractivity contribution >= 4 is 5.91 Å². The molecule has 5 heteroatoms. The zero-order valence-corrected chi connectivity index (χ0v) is 11.1. The third-order valence-corrected chi connectivity index (χ3v) is 3.01. The average molecular weight is 284 g/mol. The topological polar surface area (TPSA) is 73.1 Å². The minimum absolute atomic E-state index is 0.117. The number of nitrogens with zero attached hydrogens (tertiary/aromatic N) is 1. The van der Waals surface area contributed by atoms with E-state index in [4.69, 9.17) is 5.26 Å². The van der Waals surface area contributed by atoms with Crippen LogP contribution in [0.2, 0.25) is 0 Å². The van der Waals surface area contributed by atoms with E-state index < -0.39 is 17.8 Å². The fraction of sp³-hybridized carbons (Fsp3) is 0.125. The van der Waals surface area contributed by atoms with Crippen molar-refractivity contribution in [1.82, 2.24) is 5.32 Å². The molecule has 0 aliphatic heterocycles. The molecule has 2 rings (SSSR count). The molecule has 0 aliphatic rings. The van der Waals surface area contributed by atoms with E-state index in [2.05, 4.69) is 5.32 Å². The van der Waals surface area contributed by atoms with Crippen LogP contribution in [0.25, 0.3) is 0 Å². The number of benzene rings is 2. The Morgan fingerprint density at radius 2 is 1.90 bits per heavy atom. The molecule has 0 aromatic heterocycles. The van der Waals surface area contributed by atoms with Crippen LogP contribution in [0.3, 0.4) is 0 Å². The third-order valence-electron chi connectivity index (χ3n) is 3.01. The van der Waals surface area contributed by atoms with Crippen LogP contribution in [-0.2, 0) is 0 Å². The smallest absolute Gasteiger partial charge is 0.252 e. The van der Waals surface area contributed by atoms with Crippen LogP contribution in [0.15, 0.2) is 48.5 Å². The molecular formula is C16H13FN2O2. The van der Waals surface area contributed by atoms with Crippen LogP contribution < -0.4 is 5.32 Å². The van der Waals surface area contributed by atoms with Gasteiger partial charge in [-0.15, -0.1) is 0 Å². The van der Waals surface area contributed by atoms with Gasteiger partial charge in [0.05, 0.1) is 23.3 Å². The second-order valence-corrected chi connectivity index (χ2v) is 4.40. The molecule has 0 fully saturated rings. The predicted octanol–water partition coefficient (Wildman–Crippen LogP) is 2.16. The van der Waals surface area contributed by atoms with Crippen LogP contribution in [0.4, 0.5) is 4.39 Å². The lowest BCUT2D eigenvalue weighted by Gasteiger charge is -2.13. The van der Waals surface area contributed by atoms with Gasteiger partial charge in [-0.3, -0.25) is 4.79 Å². The first-order valence-electron chi connectivity index (χ1n) is 6.33. The summed E-state index contributed by atoms with van der Waals surface area (Å²) in [4.78, 5) is 12.0. The Labute approximate surface area is 121 Å². The number of aliphatic hydroxyl groups excluding tert-OH is 1. The van der Waals surface area contributed by atoms with E-state index in [0.29, 0.717) is 0 Å². The Kier molecular flexibility index (Phi) is 4.64. The van der Waals surface area contributed by atoms with E-state index >= 15 is 0 Å². The molecule has 0 bridgehead atoms. The summed E-state index contributed by atoms with van der Waals surface area (Å²) in [6, 6.07) is 14.1. The van der Waals surface area contributed by atoms with Crippen molar-refractivity contribution in [2.24, 2.45) is 0 Å². The molecule has 1 atom stereocenters. The van der Waals surface area contributed by atoms with Crippen molar-refractivity contribution in [3.05, 3.63) is 71.0 Å². The SMILES string of the molecule is N#Cc1ccccc1C(=O)NCC(O)c1ccccc1F. The fourth-order valence-electron chi connectivity index (χ4n) is 1.92. The predicted molar refractivity (Wildman–Crippen MR) is 74.9 cm³/mol. The normalized spacial score (nSPS) is 11.5. The van der Waals surface area contributed by atoms with E-state index in [0.717, 1.165) is 0 Å². The van der Waals surface area contributed by atoms with Gasteiger partial charge in [-0.1, -0.05) is 30.3 Å². The van der Waals surface area contributed by atoms with Crippen LogP contribution in [0.1, 0.15) is 27.6 Å². The molecule has 0 spiro atoms. The molecule has 21 heavy (non-hydrogen) atoms. The number of amides is 1. The number of halogens is 1. The maximum absolute atomic E-state index is 13.5. The van der Waals surface area contributed by atoms with Gasteiger partial charge in [0.1, 0.15) is 5.82 Å². The highest BCUT2D eigenvalue weighted by molar-refractivity contribution is 5.96. The summed E-state index contributed by atoms with van der Waals surface area (Å²) in [6.45, 7) is -0.139. The van der Waals surface area contributed by atoms with E-state index in [1.54, 1.807) is 18.2 Å². The van der Waals surface area contributed by atoms with E-state index in [9.17, 15) is 14.3 Å². The number of aliphatic hydroxyl groups is 1. The summed E-state index contributed by atoms with van der Waals surface area (Å²) < 4.78 is 13.5. The molecule has 0 radical (unpaired) electrons. The van der Waals surface area contributed by atoms with Crippen LogP contribution >= 0.6 is 0 Å². The summed E-state index contributed by atoms with van der Waals surface area (Å²) >= 11 is 0. The summed E-state index contributed by atoms with van der Waals surface area (Å²) in [5.41, 5.74) is 0.586. The molecule has 0 aliphatic carbocycles. The van der Waals surface area contributed by atoms with Gasteiger partial charge in [0.15, 0.2) is 0 Å². The molecule has 2 N–H and O–H groups in total. The Morgan fingerprint density at radius 1 is 1.24 bits per heavy atom. The molecule has 1 amide bonds. The minimum Gasteiger partial charge on any atom is -0.386 e. The quantitative estimate of drug-likeness (QED) is 0.903. The summed E-state index contributed by atoms with van der Waals surface area (Å²) in [5.74, 6) is -1.01. The van der Waals surface area contributed by atoms with Crippen molar-refractivity contribution < 1.29 is 14.3 Å². The summed E-state index contributed by atoms with van der Waals surface area (Å²) in [5, 5.41) is 21.3. The third kappa shape index (κ3) is 3.44. The lowest BCUT2D eigenvalue weighted by molar-refractivity contribution is 0.0914. The van der Waals surface area contributed by atoms with Gasteiger partial charge in [-0.2, -0.15) is 5.26 Å². The number of hydrogen-bond donors (Lipinski definition) is 2. The van der Waals surface area contributed by atoms with E-state index in [1.807, 2.05) is 6.07 Å². The number of rotatable bonds is 4. The molecule has 4 nitrogen and oxygen atoms in total. The van der Waals surface area contributed by atoms with Gasteiger partial charge < -0.3 is 10.4 Å². The van der Waals surface area contributed by atoms with Gasteiger partial charge in [0.2, 0.25) is 0 Å². The molecule has 2 aromatic carbocycles. The lowest BCUT2D eigenvalue weighted by Crippen LogP contribution is -2.29. The number of nitrogens with one attached hydrogen (secondary N) is 1. The second-order valence-electron chi connectivity index (χ2n) is 4.40. The molecule has 106 valence electrons. The molecule has 2 aromatic rings. The van der Waals surface area contributed by atoms with Crippen LogP contribution in [0, 0.1) is 17.1 Å². The zero-order valence-electron chi connectivity index (χ0n) is 11.1.